The molecule has 1 fully saturated rings. The number of carbonyl (C=O) groups is 1. The molecule has 0 unspecified atom stereocenters. The Balaban J connectivity index is 1.75. The van der Waals surface area contributed by atoms with Crippen molar-refractivity contribution in [2.45, 2.75) is 19.8 Å². The number of nitrogens with zero attached hydrogens (tertiary/aromatic N) is 3. The topological polar surface area (TPSA) is 60.0 Å². The Bertz CT molecular complexity index is 573. The third kappa shape index (κ3) is 7.71. The van der Waals surface area contributed by atoms with Gasteiger partial charge in [-0.2, -0.15) is 11.8 Å². The number of anilines is 1. The first kappa shape index (κ1) is 21.4. The standard InChI is InChI=1S/C20H33N5OS/c1-3-21-20(22-11-7-8-16-27-2)23-17-19(26)25-14-12-24(13-15-25)18-9-5-4-6-10-18/h4-6,9-10H,3,7-8,11-17H2,1-2H3,(H2,21,22,23). The molecular formula is C20H33N5OS. The van der Waals surface area contributed by atoms with Crippen LogP contribution in [0.25, 0.3) is 0 Å². The Morgan fingerprint density at radius 3 is 2.52 bits per heavy atom. The average Bonchev–Trinajstić information content (AvgIpc) is 2.72. The van der Waals surface area contributed by atoms with Crippen LogP contribution in [0.3, 0.4) is 0 Å². The quantitative estimate of drug-likeness (QED) is 0.383. The maximum atomic E-state index is 12.5. The molecule has 7 heteroatoms. The number of hydrogen-bond acceptors (Lipinski definition) is 4. The number of thioether (sulfide) groups is 1. The number of carbonyl (C=O) groups excluding carboxylic acids is 1. The molecule has 1 aromatic rings. The predicted octanol–water partition coefficient (Wildman–Crippen LogP) is 2.03. The molecular weight excluding hydrogens is 358 g/mol. The lowest BCUT2D eigenvalue weighted by atomic mass is 10.2. The highest BCUT2D eigenvalue weighted by Gasteiger charge is 2.20. The normalized spacial score (nSPS) is 15.0. The van der Waals surface area contributed by atoms with E-state index in [4.69, 9.17) is 0 Å². The molecule has 1 aliphatic rings. The van der Waals surface area contributed by atoms with Gasteiger partial charge in [-0.15, -0.1) is 0 Å². The molecule has 0 radical (unpaired) electrons. The monoisotopic (exact) mass is 391 g/mol. The lowest BCUT2D eigenvalue weighted by molar-refractivity contribution is -0.129. The number of benzene rings is 1. The first-order valence-corrected chi connectivity index (χ1v) is 11.2. The fourth-order valence-electron chi connectivity index (χ4n) is 3.02. The summed E-state index contributed by atoms with van der Waals surface area (Å²) in [5, 5.41) is 6.53. The largest absolute Gasteiger partial charge is 0.368 e. The van der Waals surface area contributed by atoms with Crippen LogP contribution in [0.4, 0.5) is 5.69 Å². The van der Waals surface area contributed by atoms with Crippen molar-refractivity contribution in [3.63, 3.8) is 0 Å². The molecule has 1 heterocycles. The fourth-order valence-corrected chi connectivity index (χ4v) is 3.51. The summed E-state index contributed by atoms with van der Waals surface area (Å²) in [7, 11) is 0. The van der Waals surface area contributed by atoms with Gasteiger partial charge >= 0.3 is 0 Å². The summed E-state index contributed by atoms with van der Waals surface area (Å²) in [6, 6.07) is 10.4. The number of hydrogen-bond donors (Lipinski definition) is 2. The Labute approximate surface area is 167 Å². The molecule has 0 atom stereocenters. The van der Waals surface area contributed by atoms with Gasteiger partial charge in [0.15, 0.2) is 5.96 Å². The molecule has 1 amide bonds. The second kappa shape index (κ2) is 12.5. The van der Waals surface area contributed by atoms with Crippen LogP contribution >= 0.6 is 11.8 Å². The zero-order chi connectivity index (χ0) is 19.3. The fraction of sp³-hybridized carbons (Fsp3) is 0.600. The van der Waals surface area contributed by atoms with Gasteiger partial charge in [0.25, 0.3) is 0 Å². The van der Waals surface area contributed by atoms with Gasteiger partial charge in [0.2, 0.25) is 5.91 Å². The van der Waals surface area contributed by atoms with E-state index in [9.17, 15) is 4.79 Å². The summed E-state index contributed by atoms with van der Waals surface area (Å²) < 4.78 is 0. The van der Waals surface area contributed by atoms with Gasteiger partial charge in [0.05, 0.1) is 0 Å². The molecule has 27 heavy (non-hydrogen) atoms. The number of nitrogens with one attached hydrogen (secondary N) is 2. The van der Waals surface area contributed by atoms with Crippen LogP contribution in [0, 0.1) is 0 Å². The summed E-state index contributed by atoms with van der Waals surface area (Å²) in [5.74, 6) is 2.02. The van der Waals surface area contributed by atoms with Gasteiger partial charge in [-0.25, -0.2) is 4.99 Å². The van der Waals surface area contributed by atoms with Crippen LogP contribution in [0.1, 0.15) is 19.8 Å². The van der Waals surface area contributed by atoms with E-state index in [1.54, 1.807) is 0 Å². The van der Waals surface area contributed by atoms with E-state index in [1.165, 1.54) is 17.9 Å². The maximum absolute atomic E-state index is 12.5. The average molecular weight is 392 g/mol. The smallest absolute Gasteiger partial charge is 0.244 e. The lowest BCUT2D eigenvalue weighted by Crippen LogP contribution is -2.49. The third-order valence-electron chi connectivity index (χ3n) is 4.54. The summed E-state index contributed by atoms with van der Waals surface area (Å²) in [5.41, 5.74) is 1.22. The molecule has 2 N–H and O–H groups in total. The molecule has 1 saturated heterocycles. The third-order valence-corrected chi connectivity index (χ3v) is 5.23. The first-order valence-electron chi connectivity index (χ1n) is 9.83. The van der Waals surface area contributed by atoms with E-state index < -0.39 is 0 Å². The number of amides is 1. The van der Waals surface area contributed by atoms with Crippen molar-refractivity contribution in [2.24, 2.45) is 4.99 Å². The minimum atomic E-state index is 0.0993. The number of guanidine groups is 1. The molecule has 1 aliphatic heterocycles. The molecule has 0 aliphatic carbocycles. The summed E-state index contributed by atoms with van der Waals surface area (Å²) >= 11 is 1.87. The predicted molar refractivity (Wildman–Crippen MR) is 117 cm³/mol. The highest BCUT2D eigenvalue weighted by Crippen LogP contribution is 2.15. The molecule has 1 aromatic carbocycles. The number of aliphatic imine (C=N–C) groups is 1. The van der Waals surface area contributed by atoms with Crippen molar-refractivity contribution < 1.29 is 4.79 Å². The van der Waals surface area contributed by atoms with Gasteiger partial charge in [-0.1, -0.05) is 18.2 Å². The second-order valence-electron chi connectivity index (χ2n) is 6.53. The minimum absolute atomic E-state index is 0.0993. The highest BCUT2D eigenvalue weighted by molar-refractivity contribution is 7.98. The zero-order valence-corrected chi connectivity index (χ0v) is 17.4. The van der Waals surface area contributed by atoms with E-state index in [2.05, 4.69) is 51.0 Å². The van der Waals surface area contributed by atoms with E-state index in [0.29, 0.717) is 0 Å². The Hall–Kier alpha value is -1.89. The van der Waals surface area contributed by atoms with Crippen molar-refractivity contribution in [1.29, 1.82) is 0 Å². The van der Waals surface area contributed by atoms with E-state index in [-0.39, 0.29) is 12.5 Å². The molecule has 6 nitrogen and oxygen atoms in total. The Kier molecular flexibility index (Phi) is 9.90. The van der Waals surface area contributed by atoms with E-state index in [1.807, 2.05) is 29.7 Å². The summed E-state index contributed by atoms with van der Waals surface area (Å²) in [6.07, 6.45) is 4.43. The van der Waals surface area contributed by atoms with Crippen LogP contribution < -0.4 is 15.5 Å². The van der Waals surface area contributed by atoms with Gasteiger partial charge in [-0.3, -0.25) is 4.79 Å². The lowest BCUT2D eigenvalue weighted by Gasteiger charge is -2.36. The van der Waals surface area contributed by atoms with Crippen LogP contribution in [-0.4, -0.2) is 74.6 Å². The minimum Gasteiger partial charge on any atom is -0.368 e. The van der Waals surface area contributed by atoms with Crippen molar-refractivity contribution in [2.75, 3.05) is 62.7 Å². The van der Waals surface area contributed by atoms with Crippen molar-refractivity contribution in [1.82, 2.24) is 15.5 Å². The van der Waals surface area contributed by atoms with Crippen molar-refractivity contribution in [3.8, 4) is 0 Å². The van der Waals surface area contributed by atoms with Crippen LogP contribution in [0.5, 0.6) is 0 Å². The summed E-state index contributed by atoms with van der Waals surface area (Å²) in [4.78, 5) is 21.2. The molecule has 2 rings (SSSR count). The van der Waals surface area contributed by atoms with E-state index in [0.717, 1.165) is 51.6 Å². The number of piperazine rings is 1. The zero-order valence-electron chi connectivity index (χ0n) is 16.6. The highest BCUT2D eigenvalue weighted by atomic mass is 32.2. The van der Waals surface area contributed by atoms with Gasteiger partial charge in [-0.05, 0) is 43.9 Å². The van der Waals surface area contributed by atoms with E-state index >= 15 is 0 Å². The number of para-hydroxylation sites is 1. The maximum Gasteiger partial charge on any atom is 0.244 e. The first-order chi connectivity index (χ1) is 13.2. The van der Waals surface area contributed by atoms with Crippen LogP contribution in [0.15, 0.2) is 35.3 Å². The molecule has 0 aromatic heterocycles. The van der Waals surface area contributed by atoms with Gasteiger partial charge < -0.3 is 20.4 Å². The Morgan fingerprint density at radius 1 is 1.11 bits per heavy atom. The molecule has 0 bridgehead atoms. The molecule has 150 valence electrons. The SMILES string of the molecule is CCNC(=NCC(=O)N1CCN(c2ccccc2)CC1)NCCCCSC. The van der Waals surface area contributed by atoms with Crippen molar-refractivity contribution >= 4 is 29.3 Å². The number of unbranched alkanes of at least 4 members (excludes halogenated alkanes) is 1. The summed E-state index contributed by atoms with van der Waals surface area (Å²) in [6.45, 7) is 7.15. The van der Waals surface area contributed by atoms with Crippen LogP contribution in [-0.2, 0) is 4.79 Å². The molecule has 0 spiro atoms. The van der Waals surface area contributed by atoms with Gasteiger partial charge in [0, 0.05) is 45.0 Å². The van der Waals surface area contributed by atoms with Gasteiger partial charge in [0.1, 0.15) is 6.54 Å². The second-order valence-corrected chi connectivity index (χ2v) is 7.51. The number of rotatable bonds is 9. The molecule has 0 saturated carbocycles. The van der Waals surface area contributed by atoms with Crippen LogP contribution in [0.2, 0.25) is 0 Å². The van der Waals surface area contributed by atoms with Crippen molar-refractivity contribution in [3.05, 3.63) is 30.3 Å². The Morgan fingerprint density at radius 2 is 1.85 bits per heavy atom.